The first-order chi connectivity index (χ1) is 9.01. The van der Waals surface area contributed by atoms with Gasteiger partial charge in [-0.1, -0.05) is 65.2 Å². The summed E-state index contributed by atoms with van der Waals surface area (Å²) in [7, 11) is 3.67. The Labute approximate surface area is 119 Å². The summed E-state index contributed by atoms with van der Waals surface area (Å²) >= 11 is 0. The predicted octanol–water partition coefficient (Wildman–Crippen LogP) is 2.98. The third-order valence-corrected chi connectivity index (χ3v) is 4.26. The van der Waals surface area contributed by atoms with Crippen molar-refractivity contribution in [3.63, 3.8) is 0 Å². The molecule has 0 rings (SSSR count). The maximum Gasteiger partial charge on any atom is 0.0617 e. The molecule has 3 nitrogen and oxygen atoms in total. The van der Waals surface area contributed by atoms with E-state index < -0.39 is 11.5 Å². The van der Waals surface area contributed by atoms with Crippen LogP contribution >= 0.6 is 0 Å². The highest BCUT2D eigenvalue weighted by atomic mass is 16.4. The summed E-state index contributed by atoms with van der Waals surface area (Å²) < 4.78 is 0. The molecule has 0 bridgehead atoms. The third-order valence-electron chi connectivity index (χ3n) is 4.26. The van der Waals surface area contributed by atoms with Gasteiger partial charge < -0.3 is 9.90 Å². The number of likely N-dealkylation sites (N-methyl/N-ethyl adjacent to an activating group) is 1. The number of carbonyl (C=O) groups is 1. The Balaban J connectivity index is 3.86. The van der Waals surface area contributed by atoms with Crippen molar-refractivity contribution in [3.05, 3.63) is 0 Å². The molecule has 0 radical (unpaired) electrons. The Kier molecular flexibility index (Phi) is 9.94. The van der Waals surface area contributed by atoms with Crippen LogP contribution in [-0.4, -0.2) is 30.5 Å². The Morgan fingerprint density at radius 3 is 1.79 bits per heavy atom. The first kappa shape index (κ1) is 18.4. The first-order valence-electron chi connectivity index (χ1n) is 7.90. The highest BCUT2D eigenvalue weighted by Crippen LogP contribution is 2.24. The number of carbonyl (C=O) groups excluding carboxylic acids is 1. The zero-order valence-electron chi connectivity index (χ0n) is 13.3. The third kappa shape index (κ3) is 6.42. The van der Waals surface area contributed by atoms with E-state index in [1.165, 1.54) is 38.5 Å². The van der Waals surface area contributed by atoms with E-state index in [0.717, 1.165) is 12.8 Å². The molecule has 0 saturated carbocycles. The van der Waals surface area contributed by atoms with E-state index in [4.69, 9.17) is 0 Å². The Morgan fingerprint density at radius 2 is 1.42 bits per heavy atom. The number of unbranched alkanes of at least 4 members (excludes halogenated alkanes) is 7. The normalized spacial score (nSPS) is 14.6. The van der Waals surface area contributed by atoms with Crippen LogP contribution in [0.1, 0.15) is 78.1 Å². The van der Waals surface area contributed by atoms with Gasteiger partial charge in [-0.05, 0) is 26.9 Å². The molecule has 0 heterocycles. The van der Waals surface area contributed by atoms with E-state index in [1.54, 1.807) is 0 Å². The van der Waals surface area contributed by atoms with Crippen LogP contribution in [0, 0.1) is 0 Å². The van der Waals surface area contributed by atoms with E-state index in [0.29, 0.717) is 12.8 Å². The van der Waals surface area contributed by atoms with Crippen LogP contribution < -0.4 is 5.11 Å². The van der Waals surface area contributed by atoms with Crippen molar-refractivity contribution in [3.8, 4) is 0 Å². The largest absolute Gasteiger partial charge is 0.548 e. The van der Waals surface area contributed by atoms with Gasteiger partial charge in [0.15, 0.2) is 0 Å². The molecule has 0 saturated heterocycles. The standard InChI is InChI=1S/C16H33NO2/c1-5-7-8-9-10-11-12-13-14-16(6-2,15(18)19)17(3)4/h5-14H2,1-4H3,(H,18,19)/p-1. The van der Waals surface area contributed by atoms with Crippen molar-refractivity contribution in [2.75, 3.05) is 14.1 Å². The maximum absolute atomic E-state index is 11.4. The molecule has 0 aliphatic heterocycles. The summed E-state index contributed by atoms with van der Waals surface area (Å²) in [5.74, 6) is -0.928. The van der Waals surface area contributed by atoms with Gasteiger partial charge >= 0.3 is 0 Å². The van der Waals surface area contributed by atoms with Gasteiger partial charge in [0.2, 0.25) is 0 Å². The van der Waals surface area contributed by atoms with Crippen LogP contribution in [0.15, 0.2) is 0 Å². The molecule has 0 aliphatic rings. The van der Waals surface area contributed by atoms with Crippen LogP contribution in [-0.2, 0) is 4.79 Å². The molecule has 1 unspecified atom stereocenters. The lowest BCUT2D eigenvalue weighted by Gasteiger charge is -2.40. The van der Waals surface area contributed by atoms with Crippen molar-refractivity contribution in [2.24, 2.45) is 0 Å². The Bertz CT molecular complexity index is 241. The van der Waals surface area contributed by atoms with Crippen molar-refractivity contribution in [1.29, 1.82) is 0 Å². The van der Waals surface area contributed by atoms with E-state index in [-0.39, 0.29) is 0 Å². The predicted molar refractivity (Wildman–Crippen MR) is 78.9 cm³/mol. The lowest BCUT2D eigenvalue weighted by Crippen LogP contribution is -2.57. The molecule has 0 amide bonds. The van der Waals surface area contributed by atoms with E-state index in [9.17, 15) is 9.90 Å². The van der Waals surface area contributed by atoms with Gasteiger partial charge in [-0.15, -0.1) is 0 Å². The van der Waals surface area contributed by atoms with Gasteiger partial charge in [-0.3, -0.25) is 4.90 Å². The second-order valence-corrected chi connectivity index (χ2v) is 5.79. The number of nitrogens with zero attached hydrogens (tertiary/aromatic N) is 1. The Hall–Kier alpha value is -0.570. The molecule has 19 heavy (non-hydrogen) atoms. The second-order valence-electron chi connectivity index (χ2n) is 5.79. The quantitative estimate of drug-likeness (QED) is 0.512. The minimum Gasteiger partial charge on any atom is -0.548 e. The smallest absolute Gasteiger partial charge is 0.0617 e. The molecule has 0 N–H and O–H groups in total. The SMILES string of the molecule is CCCCCCCCCCC(CC)(C(=O)[O-])N(C)C. The van der Waals surface area contributed by atoms with Gasteiger partial charge in [-0.2, -0.15) is 0 Å². The van der Waals surface area contributed by atoms with Crippen molar-refractivity contribution in [2.45, 2.75) is 83.6 Å². The number of hydrogen-bond acceptors (Lipinski definition) is 3. The fourth-order valence-corrected chi connectivity index (χ4v) is 2.70. The number of carboxylic acid groups (broad SMARTS) is 1. The van der Waals surface area contributed by atoms with Crippen molar-refractivity contribution < 1.29 is 9.90 Å². The molecule has 0 fully saturated rings. The fourth-order valence-electron chi connectivity index (χ4n) is 2.70. The number of carboxylic acids is 1. The van der Waals surface area contributed by atoms with Gasteiger partial charge in [0.1, 0.15) is 0 Å². The summed E-state index contributed by atoms with van der Waals surface area (Å²) in [4.78, 5) is 13.2. The summed E-state index contributed by atoms with van der Waals surface area (Å²) in [6.07, 6.45) is 11.2. The minimum absolute atomic E-state index is 0.610. The van der Waals surface area contributed by atoms with Crippen LogP contribution in [0.3, 0.4) is 0 Å². The molecule has 0 aromatic rings. The highest BCUT2D eigenvalue weighted by Gasteiger charge is 2.31. The maximum atomic E-state index is 11.4. The summed E-state index contributed by atoms with van der Waals surface area (Å²) in [6.45, 7) is 4.16. The van der Waals surface area contributed by atoms with Crippen molar-refractivity contribution in [1.82, 2.24) is 4.90 Å². The van der Waals surface area contributed by atoms with Crippen LogP contribution in [0.5, 0.6) is 0 Å². The Morgan fingerprint density at radius 1 is 0.947 bits per heavy atom. The minimum atomic E-state index is -0.928. The molecule has 3 heteroatoms. The first-order valence-corrected chi connectivity index (χ1v) is 7.90. The average molecular weight is 270 g/mol. The lowest BCUT2D eigenvalue weighted by molar-refractivity contribution is -0.319. The zero-order valence-corrected chi connectivity index (χ0v) is 13.3. The summed E-state index contributed by atoms with van der Waals surface area (Å²) in [5, 5.41) is 11.4. The molecule has 0 aromatic heterocycles. The second kappa shape index (κ2) is 10.2. The zero-order chi connectivity index (χ0) is 14.7. The van der Waals surface area contributed by atoms with Crippen LogP contribution in [0.4, 0.5) is 0 Å². The lowest BCUT2D eigenvalue weighted by atomic mass is 9.88. The fraction of sp³-hybridized carbons (Fsp3) is 0.938. The van der Waals surface area contributed by atoms with Gasteiger partial charge in [0, 0.05) is 0 Å². The van der Waals surface area contributed by atoms with Crippen LogP contribution in [0.2, 0.25) is 0 Å². The summed E-state index contributed by atoms with van der Waals surface area (Å²) in [6, 6.07) is 0. The molecule has 0 spiro atoms. The van der Waals surface area contributed by atoms with Gasteiger partial charge in [0.05, 0.1) is 11.5 Å². The van der Waals surface area contributed by atoms with Crippen LogP contribution in [0.25, 0.3) is 0 Å². The topological polar surface area (TPSA) is 43.4 Å². The number of aliphatic carboxylic acids is 1. The molecular formula is C16H32NO2-. The molecular weight excluding hydrogens is 238 g/mol. The molecule has 114 valence electrons. The number of rotatable bonds is 12. The highest BCUT2D eigenvalue weighted by molar-refractivity contribution is 5.76. The summed E-state index contributed by atoms with van der Waals surface area (Å²) in [5.41, 5.74) is -0.776. The van der Waals surface area contributed by atoms with Gasteiger partial charge in [0.25, 0.3) is 0 Å². The van der Waals surface area contributed by atoms with E-state index in [1.807, 2.05) is 25.9 Å². The van der Waals surface area contributed by atoms with E-state index in [2.05, 4.69) is 6.92 Å². The van der Waals surface area contributed by atoms with Crippen molar-refractivity contribution >= 4 is 5.97 Å². The molecule has 0 aliphatic carbocycles. The van der Waals surface area contributed by atoms with Gasteiger partial charge in [-0.25, -0.2) is 0 Å². The average Bonchev–Trinajstić information content (AvgIpc) is 2.36. The molecule has 0 aromatic carbocycles. The van der Waals surface area contributed by atoms with E-state index >= 15 is 0 Å². The number of hydrogen-bond donors (Lipinski definition) is 0. The monoisotopic (exact) mass is 270 g/mol. The molecule has 1 atom stereocenters.